The van der Waals surface area contributed by atoms with Gasteiger partial charge < -0.3 is 15.1 Å². The van der Waals surface area contributed by atoms with Crippen molar-refractivity contribution in [3.05, 3.63) is 35.8 Å². The van der Waals surface area contributed by atoms with Crippen molar-refractivity contribution < 1.29 is 4.79 Å². The Hall–Kier alpha value is -2.54. The molecule has 7 nitrogen and oxygen atoms in total. The van der Waals surface area contributed by atoms with Crippen molar-refractivity contribution in [1.29, 1.82) is 0 Å². The molecule has 1 spiro atoms. The number of fused-ring (bicyclic) bond motifs is 4. The molecule has 3 fully saturated rings. The smallest absolute Gasteiger partial charge is 0.228 e. The number of anilines is 3. The molecular weight excluding hydrogens is 412 g/mol. The molecular formula is C26H34N6O. The molecule has 3 aliphatic carbocycles. The Balaban J connectivity index is 1.23. The van der Waals surface area contributed by atoms with Gasteiger partial charge in [-0.15, -0.1) is 0 Å². The van der Waals surface area contributed by atoms with Crippen molar-refractivity contribution in [2.75, 3.05) is 43.4 Å². The molecule has 6 rings (SSSR count). The van der Waals surface area contributed by atoms with Gasteiger partial charge in [0.15, 0.2) is 0 Å². The number of Topliss-reactive ketones (excluding diaryl/α,β-unsaturated/α-hetero) is 1. The van der Waals surface area contributed by atoms with E-state index in [1.165, 1.54) is 37.7 Å². The maximum absolute atomic E-state index is 12.8. The molecule has 2 unspecified atom stereocenters. The van der Waals surface area contributed by atoms with E-state index in [9.17, 15) is 4.79 Å². The van der Waals surface area contributed by atoms with Gasteiger partial charge in [-0.25, -0.2) is 15.0 Å². The van der Waals surface area contributed by atoms with Gasteiger partial charge in [-0.1, -0.05) is 19.3 Å². The Morgan fingerprint density at radius 3 is 2.58 bits per heavy atom. The van der Waals surface area contributed by atoms with Crippen LogP contribution in [0.1, 0.15) is 62.1 Å². The van der Waals surface area contributed by atoms with E-state index in [1.807, 2.05) is 18.5 Å². The fraction of sp³-hybridized carbons (Fsp3) is 0.615. The summed E-state index contributed by atoms with van der Waals surface area (Å²) in [6.45, 7) is 4.22. The van der Waals surface area contributed by atoms with E-state index in [0.717, 1.165) is 62.6 Å². The van der Waals surface area contributed by atoms with Gasteiger partial charge in [0, 0.05) is 50.6 Å². The number of carbonyl (C=O) groups is 1. The second-order valence-corrected chi connectivity index (χ2v) is 10.6. The maximum Gasteiger partial charge on any atom is 0.228 e. The number of carbonyl (C=O) groups excluding carboxylic acids is 1. The summed E-state index contributed by atoms with van der Waals surface area (Å²) in [5.74, 6) is 2.17. The molecule has 1 aliphatic heterocycles. The molecule has 1 N–H and O–H groups in total. The van der Waals surface area contributed by atoms with Gasteiger partial charge >= 0.3 is 0 Å². The summed E-state index contributed by atoms with van der Waals surface area (Å²) in [6, 6.07) is 4.14. The van der Waals surface area contributed by atoms with Crippen LogP contribution in [0.3, 0.4) is 0 Å². The number of rotatable bonds is 3. The van der Waals surface area contributed by atoms with Crippen LogP contribution in [0.25, 0.3) is 0 Å². The summed E-state index contributed by atoms with van der Waals surface area (Å²) in [6.07, 6.45) is 12.9. The minimum Gasteiger partial charge on any atom is -0.368 e. The topological polar surface area (TPSA) is 74.2 Å². The molecule has 3 heterocycles. The van der Waals surface area contributed by atoms with Crippen LogP contribution in [-0.4, -0.2) is 58.9 Å². The first kappa shape index (κ1) is 21.0. The molecule has 4 aliphatic rings. The standard InChI is InChI=1S/C26H34N6O/c1-31-11-13-32(14-12-31)19-5-6-22(27-17-19)29-25-28-16-18-15-20-21(33)7-10-26(8-3-2-4-9-26)23(20)24(18)30-25/h5-6,16-17,20,23H,2-4,7-15H2,1H3,(H,27,28,29,30). The minimum absolute atomic E-state index is 0.109. The molecule has 2 atom stereocenters. The van der Waals surface area contributed by atoms with Gasteiger partial charge in [-0.3, -0.25) is 4.79 Å². The first-order valence-electron chi connectivity index (χ1n) is 12.7. The van der Waals surface area contributed by atoms with Crippen molar-refractivity contribution in [2.45, 2.75) is 57.3 Å². The third kappa shape index (κ3) is 3.80. The molecule has 174 valence electrons. The van der Waals surface area contributed by atoms with Crippen molar-refractivity contribution in [1.82, 2.24) is 19.9 Å². The number of hydrogen-bond acceptors (Lipinski definition) is 7. The Bertz CT molecular complexity index is 1020. The number of likely N-dealkylation sites (N-methyl/N-ethyl adjacent to an activating group) is 1. The Labute approximate surface area is 196 Å². The van der Waals surface area contributed by atoms with Gasteiger partial charge in [0.05, 0.1) is 17.6 Å². The van der Waals surface area contributed by atoms with Crippen LogP contribution in [0.15, 0.2) is 24.5 Å². The minimum atomic E-state index is 0.109. The SMILES string of the molecule is CN1CCN(c2ccc(Nc3ncc4c(n3)C3C(C4)C(=O)CCC34CCCCC4)nc2)CC1. The molecule has 2 aromatic rings. The van der Waals surface area contributed by atoms with Crippen LogP contribution in [0.4, 0.5) is 17.5 Å². The fourth-order valence-corrected chi connectivity index (χ4v) is 6.82. The van der Waals surface area contributed by atoms with Gasteiger partial charge in [0.1, 0.15) is 11.6 Å². The summed E-state index contributed by atoms with van der Waals surface area (Å²) in [4.78, 5) is 31.8. The Morgan fingerprint density at radius 2 is 1.82 bits per heavy atom. The van der Waals surface area contributed by atoms with Crippen molar-refractivity contribution in [2.24, 2.45) is 11.3 Å². The molecule has 2 aromatic heterocycles. The monoisotopic (exact) mass is 446 g/mol. The summed E-state index contributed by atoms with van der Waals surface area (Å²) in [7, 11) is 2.17. The summed E-state index contributed by atoms with van der Waals surface area (Å²) >= 11 is 0. The lowest BCUT2D eigenvalue weighted by Gasteiger charge is -2.47. The number of hydrogen-bond donors (Lipinski definition) is 1. The van der Waals surface area contributed by atoms with E-state index in [1.54, 1.807) is 0 Å². The van der Waals surface area contributed by atoms with E-state index in [4.69, 9.17) is 4.98 Å². The number of aromatic nitrogens is 3. The first-order valence-corrected chi connectivity index (χ1v) is 12.7. The molecule has 7 heteroatoms. The van der Waals surface area contributed by atoms with E-state index in [2.05, 4.69) is 38.2 Å². The van der Waals surface area contributed by atoms with Crippen LogP contribution in [-0.2, 0) is 11.2 Å². The van der Waals surface area contributed by atoms with Gasteiger partial charge in [-0.05, 0) is 55.8 Å². The Kier molecular flexibility index (Phi) is 5.32. The average molecular weight is 447 g/mol. The van der Waals surface area contributed by atoms with E-state index < -0.39 is 0 Å². The number of nitrogens with one attached hydrogen (secondary N) is 1. The van der Waals surface area contributed by atoms with Crippen LogP contribution in [0.2, 0.25) is 0 Å². The number of pyridine rings is 1. The molecule has 2 saturated carbocycles. The third-order valence-electron chi connectivity index (χ3n) is 8.68. The lowest BCUT2D eigenvalue weighted by atomic mass is 9.56. The summed E-state index contributed by atoms with van der Waals surface area (Å²) in [5.41, 5.74) is 3.72. The highest BCUT2D eigenvalue weighted by molar-refractivity contribution is 5.84. The molecule has 0 aromatic carbocycles. The molecule has 33 heavy (non-hydrogen) atoms. The largest absolute Gasteiger partial charge is 0.368 e. The van der Waals surface area contributed by atoms with Crippen molar-refractivity contribution in [3.8, 4) is 0 Å². The van der Waals surface area contributed by atoms with Crippen LogP contribution >= 0.6 is 0 Å². The van der Waals surface area contributed by atoms with E-state index in [-0.39, 0.29) is 17.3 Å². The lowest BCUT2D eigenvalue weighted by molar-refractivity contribution is -0.129. The lowest BCUT2D eigenvalue weighted by Crippen LogP contribution is -2.44. The molecule has 0 amide bonds. The predicted octanol–water partition coefficient (Wildman–Crippen LogP) is 3.94. The average Bonchev–Trinajstić information content (AvgIpc) is 3.24. The zero-order chi connectivity index (χ0) is 22.4. The number of ketones is 1. The number of piperazine rings is 1. The second kappa shape index (κ2) is 8.35. The predicted molar refractivity (Wildman–Crippen MR) is 129 cm³/mol. The second-order valence-electron chi connectivity index (χ2n) is 10.6. The Morgan fingerprint density at radius 1 is 1.00 bits per heavy atom. The highest BCUT2D eigenvalue weighted by atomic mass is 16.1. The van der Waals surface area contributed by atoms with Gasteiger partial charge in [0.25, 0.3) is 0 Å². The molecule has 0 radical (unpaired) electrons. The van der Waals surface area contributed by atoms with Crippen LogP contribution in [0.5, 0.6) is 0 Å². The first-order chi connectivity index (χ1) is 16.1. The van der Waals surface area contributed by atoms with E-state index >= 15 is 0 Å². The summed E-state index contributed by atoms with van der Waals surface area (Å²) < 4.78 is 0. The third-order valence-corrected chi connectivity index (χ3v) is 8.68. The van der Waals surface area contributed by atoms with Crippen molar-refractivity contribution >= 4 is 23.2 Å². The zero-order valence-corrected chi connectivity index (χ0v) is 19.6. The van der Waals surface area contributed by atoms with E-state index in [0.29, 0.717) is 11.7 Å². The quantitative estimate of drug-likeness (QED) is 0.765. The highest BCUT2D eigenvalue weighted by Crippen LogP contribution is 2.59. The van der Waals surface area contributed by atoms with Gasteiger partial charge in [-0.2, -0.15) is 0 Å². The normalized spacial score (nSPS) is 26.8. The maximum atomic E-state index is 12.8. The molecule has 0 bridgehead atoms. The van der Waals surface area contributed by atoms with Crippen LogP contribution in [0, 0.1) is 11.3 Å². The van der Waals surface area contributed by atoms with Crippen LogP contribution < -0.4 is 10.2 Å². The summed E-state index contributed by atoms with van der Waals surface area (Å²) in [5, 5.41) is 3.32. The fourth-order valence-electron chi connectivity index (χ4n) is 6.82. The number of nitrogens with zero attached hydrogens (tertiary/aromatic N) is 5. The van der Waals surface area contributed by atoms with Gasteiger partial charge in [0.2, 0.25) is 5.95 Å². The van der Waals surface area contributed by atoms with Crippen molar-refractivity contribution in [3.63, 3.8) is 0 Å². The highest BCUT2D eigenvalue weighted by Gasteiger charge is 2.53. The zero-order valence-electron chi connectivity index (χ0n) is 19.6. The molecule has 1 saturated heterocycles.